The van der Waals surface area contributed by atoms with Crippen LogP contribution < -0.4 is 5.73 Å². The Morgan fingerprint density at radius 1 is 1.43 bits per heavy atom. The highest BCUT2D eigenvalue weighted by Crippen LogP contribution is 2.33. The van der Waals surface area contributed by atoms with E-state index in [1.807, 2.05) is 0 Å². The molecule has 0 aromatic rings. The molecular weight excluding hydrogens is 178 g/mol. The van der Waals surface area contributed by atoms with Gasteiger partial charge in [0.05, 0.1) is 12.7 Å². The Hall–Kier alpha value is -0.120. The molecule has 0 aromatic heterocycles. The van der Waals surface area contributed by atoms with Gasteiger partial charge in [-0.1, -0.05) is 19.8 Å². The van der Waals surface area contributed by atoms with Crippen molar-refractivity contribution in [2.45, 2.75) is 51.2 Å². The summed E-state index contributed by atoms with van der Waals surface area (Å²) in [5.74, 6) is 0.596. The molecule has 0 amide bonds. The van der Waals surface area contributed by atoms with Crippen molar-refractivity contribution in [3.8, 4) is 0 Å². The van der Waals surface area contributed by atoms with E-state index in [0.29, 0.717) is 5.92 Å². The average Bonchev–Trinajstić information content (AvgIpc) is 3.00. The lowest BCUT2D eigenvalue weighted by molar-refractivity contribution is -0.00789. The highest BCUT2D eigenvalue weighted by atomic mass is 16.5. The summed E-state index contributed by atoms with van der Waals surface area (Å²) in [6.45, 7) is 2.96. The molecule has 1 aliphatic rings. The van der Waals surface area contributed by atoms with Gasteiger partial charge in [-0.2, -0.15) is 0 Å². The smallest absolute Gasteiger partial charge is 0.0958 e. The molecular formula is C11H23NO2. The summed E-state index contributed by atoms with van der Waals surface area (Å²) in [6.07, 6.45) is 5.73. The lowest BCUT2D eigenvalue weighted by Crippen LogP contribution is -2.41. The van der Waals surface area contributed by atoms with Crippen LogP contribution in [0.5, 0.6) is 0 Å². The Labute approximate surface area is 86.6 Å². The van der Waals surface area contributed by atoms with Crippen LogP contribution in [0, 0.1) is 5.92 Å². The van der Waals surface area contributed by atoms with Crippen LogP contribution in [0.3, 0.4) is 0 Å². The fraction of sp³-hybridized carbons (Fsp3) is 1.00. The normalized spacial score (nSPS) is 20.8. The van der Waals surface area contributed by atoms with Gasteiger partial charge in [-0.15, -0.1) is 0 Å². The Bertz CT molecular complexity index is 148. The van der Waals surface area contributed by atoms with Gasteiger partial charge in [0.15, 0.2) is 0 Å². The maximum Gasteiger partial charge on any atom is 0.0958 e. The first-order valence-electron chi connectivity index (χ1n) is 5.77. The van der Waals surface area contributed by atoms with E-state index in [0.717, 1.165) is 13.0 Å². The van der Waals surface area contributed by atoms with Crippen molar-refractivity contribution in [3.05, 3.63) is 0 Å². The molecule has 1 rings (SSSR count). The molecule has 0 aromatic carbocycles. The Balaban J connectivity index is 2.10. The van der Waals surface area contributed by atoms with Crippen molar-refractivity contribution in [2.75, 3.05) is 13.2 Å². The van der Waals surface area contributed by atoms with Crippen LogP contribution in [0.1, 0.15) is 39.0 Å². The predicted molar refractivity (Wildman–Crippen MR) is 57.1 cm³/mol. The standard InChI is InChI=1S/C11H23NO2/c1-2-3-4-7-14-10(8-13)11(12)9-5-6-9/h9-11,13H,2-8,12H2,1H3. The third kappa shape index (κ3) is 3.95. The minimum atomic E-state index is -0.139. The molecule has 0 bridgehead atoms. The molecule has 1 aliphatic carbocycles. The predicted octanol–water partition coefficient (Wildman–Crippen LogP) is 1.29. The van der Waals surface area contributed by atoms with Crippen LogP contribution in [-0.2, 0) is 4.74 Å². The second-order valence-electron chi connectivity index (χ2n) is 4.21. The first kappa shape index (κ1) is 12.0. The fourth-order valence-electron chi connectivity index (χ4n) is 1.66. The topological polar surface area (TPSA) is 55.5 Å². The number of nitrogens with two attached hydrogens (primary N) is 1. The molecule has 3 N–H and O–H groups in total. The van der Waals surface area contributed by atoms with Gasteiger partial charge in [0.1, 0.15) is 0 Å². The van der Waals surface area contributed by atoms with E-state index in [2.05, 4.69) is 6.92 Å². The van der Waals surface area contributed by atoms with Crippen LogP contribution in [-0.4, -0.2) is 30.5 Å². The van der Waals surface area contributed by atoms with Crippen LogP contribution in [0.2, 0.25) is 0 Å². The van der Waals surface area contributed by atoms with Gasteiger partial charge >= 0.3 is 0 Å². The van der Waals surface area contributed by atoms with Crippen LogP contribution >= 0.6 is 0 Å². The second-order valence-corrected chi connectivity index (χ2v) is 4.21. The highest BCUT2D eigenvalue weighted by Gasteiger charge is 2.33. The van der Waals surface area contributed by atoms with Crippen molar-refractivity contribution in [1.29, 1.82) is 0 Å². The van der Waals surface area contributed by atoms with E-state index in [-0.39, 0.29) is 18.8 Å². The van der Waals surface area contributed by atoms with Crippen LogP contribution in [0.15, 0.2) is 0 Å². The van der Waals surface area contributed by atoms with E-state index < -0.39 is 0 Å². The Morgan fingerprint density at radius 2 is 2.14 bits per heavy atom. The number of hydrogen-bond donors (Lipinski definition) is 2. The van der Waals surface area contributed by atoms with Crippen molar-refractivity contribution < 1.29 is 9.84 Å². The molecule has 1 fully saturated rings. The number of hydrogen-bond acceptors (Lipinski definition) is 3. The monoisotopic (exact) mass is 201 g/mol. The maximum absolute atomic E-state index is 9.12. The third-order valence-electron chi connectivity index (χ3n) is 2.86. The quantitative estimate of drug-likeness (QED) is 0.582. The summed E-state index contributed by atoms with van der Waals surface area (Å²) in [4.78, 5) is 0. The molecule has 3 nitrogen and oxygen atoms in total. The van der Waals surface area contributed by atoms with E-state index >= 15 is 0 Å². The van der Waals surface area contributed by atoms with Crippen molar-refractivity contribution >= 4 is 0 Å². The summed E-state index contributed by atoms with van der Waals surface area (Å²) in [7, 11) is 0. The van der Waals surface area contributed by atoms with E-state index in [4.69, 9.17) is 15.6 Å². The highest BCUT2D eigenvalue weighted by molar-refractivity contribution is 4.89. The van der Waals surface area contributed by atoms with Crippen molar-refractivity contribution in [3.63, 3.8) is 0 Å². The molecule has 14 heavy (non-hydrogen) atoms. The van der Waals surface area contributed by atoms with Crippen LogP contribution in [0.4, 0.5) is 0 Å². The van der Waals surface area contributed by atoms with Gasteiger partial charge in [-0.3, -0.25) is 0 Å². The van der Waals surface area contributed by atoms with E-state index in [1.54, 1.807) is 0 Å². The molecule has 0 radical (unpaired) electrons. The zero-order chi connectivity index (χ0) is 10.4. The third-order valence-corrected chi connectivity index (χ3v) is 2.86. The largest absolute Gasteiger partial charge is 0.394 e. The first-order valence-corrected chi connectivity index (χ1v) is 5.77. The van der Waals surface area contributed by atoms with Gasteiger partial charge in [0.25, 0.3) is 0 Å². The maximum atomic E-state index is 9.12. The van der Waals surface area contributed by atoms with Gasteiger partial charge in [-0.05, 0) is 25.2 Å². The Kier molecular flexibility index (Phi) is 5.45. The lowest BCUT2D eigenvalue weighted by atomic mass is 10.1. The summed E-state index contributed by atoms with van der Waals surface area (Å²) in [6, 6.07) is 0.0432. The van der Waals surface area contributed by atoms with E-state index in [9.17, 15) is 0 Å². The molecule has 0 aliphatic heterocycles. The molecule has 2 unspecified atom stereocenters. The molecule has 3 heteroatoms. The molecule has 0 spiro atoms. The zero-order valence-corrected chi connectivity index (χ0v) is 9.11. The number of unbranched alkanes of at least 4 members (excludes halogenated alkanes) is 2. The summed E-state index contributed by atoms with van der Waals surface area (Å²) in [5, 5.41) is 9.12. The number of aliphatic hydroxyl groups excluding tert-OH is 1. The molecule has 1 saturated carbocycles. The van der Waals surface area contributed by atoms with Gasteiger partial charge in [-0.25, -0.2) is 0 Å². The fourth-order valence-corrected chi connectivity index (χ4v) is 1.66. The second kappa shape index (κ2) is 6.38. The van der Waals surface area contributed by atoms with Crippen LogP contribution in [0.25, 0.3) is 0 Å². The van der Waals surface area contributed by atoms with Gasteiger partial charge in [0.2, 0.25) is 0 Å². The van der Waals surface area contributed by atoms with Gasteiger partial charge in [0, 0.05) is 12.6 Å². The molecule has 84 valence electrons. The summed E-state index contributed by atoms with van der Waals surface area (Å²) in [5.41, 5.74) is 5.96. The summed E-state index contributed by atoms with van der Waals surface area (Å²) < 4.78 is 5.58. The van der Waals surface area contributed by atoms with Gasteiger partial charge < -0.3 is 15.6 Å². The van der Waals surface area contributed by atoms with Crippen molar-refractivity contribution in [1.82, 2.24) is 0 Å². The summed E-state index contributed by atoms with van der Waals surface area (Å²) >= 11 is 0. The number of ether oxygens (including phenoxy) is 1. The SMILES string of the molecule is CCCCCOC(CO)C(N)C1CC1. The molecule has 0 heterocycles. The molecule has 0 saturated heterocycles. The number of aliphatic hydroxyl groups is 1. The first-order chi connectivity index (χ1) is 6.79. The average molecular weight is 201 g/mol. The zero-order valence-electron chi connectivity index (χ0n) is 9.11. The number of rotatable bonds is 8. The minimum absolute atomic E-state index is 0.0432. The minimum Gasteiger partial charge on any atom is -0.394 e. The lowest BCUT2D eigenvalue weighted by Gasteiger charge is -2.22. The Morgan fingerprint density at radius 3 is 2.64 bits per heavy atom. The molecule has 2 atom stereocenters. The van der Waals surface area contributed by atoms with Crippen molar-refractivity contribution in [2.24, 2.45) is 11.7 Å². The van der Waals surface area contributed by atoms with E-state index in [1.165, 1.54) is 25.7 Å².